The molecule has 0 heterocycles. The highest BCUT2D eigenvalue weighted by molar-refractivity contribution is 7.92. The number of anilines is 1. The van der Waals surface area contributed by atoms with E-state index in [1.54, 1.807) is 0 Å². The van der Waals surface area contributed by atoms with Gasteiger partial charge in [0.05, 0.1) is 11.9 Å². The quantitative estimate of drug-likeness (QED) is 0.576. The zero-order valence-electron chi connectivity index (χ0n) is 17.5. The average molecular weight is 397 g/mol. The van der Waals surface area contributed by atoms with Gasteiger partial charge in [-0.1, -0.05) is 39.2 Å². The predicted molar refractivity (Wildman–Crippen MR) is 114 cm³/mol. The summed E-state index contributed by atoms with van der Waals surface area (Å²) < 4.78 is 25.8. The first-order chi connectivity index (χ1) is 12.7. The van der Waals surface area contributed by atoms with Crippen LogP contribution in [0, 0.1) is 19.8 Å². The molecule has 6 heteroatoms. The third-order valence-corrected chi connectivity index (χ3v) is 5.99. The summed E-state index contributed by atoms with van der Waals surface area (Å²) in [5.41, 5.74) is 2.71. The lowest BCUT2D eigenvalue weighted by Crippen LogP contribution is -2.33. The van der Waals surface area contributed by atoms with Crippen molar-refractivity contribution < 1.29 is 13.2 Å². The van der Waals surface area contributed by atoms with E-state index in [-0.39, 0.29) is 5.91 Å². The van der Waals surface area contributed by atoms with Crippen molar-refractivity contribution in [2.24, 2.45) is 5.92 Å². The fourth-order valence-corrected chi connectivity index (χ4v) is 4.20. The summed E-state index contributed by atoms with van der Waals surface area (Å²) in [6, 6.07) is 5.75. The van der Waals surface area contributed by atoms with E-state index < -0.39 is 10.0 Å². The molecule has 1 N–H and O–H groups in total. The van der Waals surface area contributed by atoms with E-state index in [1.807, 2.05) is 32.0 Å². The number of nitrogens with one attached hydrogen (secondary N) is 1. The van der Waals surface area contributed by atoms with Crippen LogP contribution in [0.1, 0.15) is 63.5 Å². The van der Waals surface area contributed by atoms with Gasteiger partial charge in [0.25, 0.3) is 0 Å². The average Bonchev–Trinajstić information content (AvgIpc) is 2.56. The summed E-state index contributed by atoms with van der Waals surface area (Å²) in [5.74, 6) is 0.524. The second-order valence-electron chi connectivity index (χ2n) is 7.51. The Morgan fingerprint density at radius 3 is 2.26 bits per heavy atom. The van der Waals surface area contributed by atoms with E-state index in [9.17, 15) is 13.2 Å². The molecule has 0 aliphatic carbocycles. The first kappa shape index (κ1) is 23.5. The minimum absolute atomic E-state index is 0.00109. The number of hydrogen-bond donors (Lipinski definition) is 1. The molecular formula is C21H36N2O3S. The topological polar surface area (TPSA) is 66.5 Å². The van der Waals surface area contributed by atoms with Crippen LogP contribution in [0.4, 0.5) is 5.69 Å². The zero-order chi connectivity index (χ0) is 20.4. The molecule has 0 bridgehead atoms. The van der Waals surface area contributed by atoms with Crippen molar-refractivity contribution in [2.75, 3.05) is 23.7 Å². The molecular weight excluding hydrogens is 360 g/mol. The Morgan fingerprint density at radius 2 is 1.74 bits per heavy atom. The van der Waals surface area contributed by atoms with Crippen LogP contribution in [0.15, 0.2) is 18.2 Å². The second kappa shape index (κ2) is 11.3. The minimum atomic E-state index is -3.39. The number of amides is 1. The fraction of sp³-hybridized carbons (Fsp3) is 0.667. The molecule has 1 atom stereocenters. The van der Waals surface area contributed by atoms with Crippen LogP contribution in [-0.4, -0.2) is 33.7 Å². The van der Waals surface area contributed by atoms with Gasteiger partial charge >= 0.3 is 0 Å². The molecule has 0 unspecified atom stereocenters. The van der Waals surface area contributed by atoms with Crippen LogP contribution < -0.4 is 9.62 Å². The minimum Gasteiger partial charge on any atom is -0.356 e. The van der Waals surface area contributed by atoms with Gasteiger partial charge in [-0.3, -0.25) is 9.10 Å². The maximum Gasteiger partial charge on any atom is 0.232 e. The molecule has 1 rings (SSSR count). The Bertz CT molecular complexity index is 681. The summed E-state index contributed by atoms with van der Waals surface area (Å²) in [7, 11) is -3.39. The Kier molecular flexibility index (Phi) is 9.84. The number of nitrogens with zero attached hydrogens (tertiary/aromatic N) is 1. The van der Waals surface area contributed by atoms with Crippen molar-refractivity contribution >= 4 is 21.6 Å². The molecule has 1 amide bonds. The van der Waals surface area contributed by atoms with Crippen molar-refractivity contribution in [3.8, 4) is 0 Å². The molecule has 1 aromatic carbocycles. The number of rotatable bonds is 12. The monoisotopic (exact) mass is 396 g/mol. The third-order valence-electron chi connectivity index (χ3n) is 4.79. The van der Waals surface area contributed by atoms with Crippen molar-refractivity contribution in [3.05, 3.63) is 29.3 Å². The third kappa shape index (κ3) is 8.78. The molecule has 0 fully saturated rings. The van der Waals surface area contributed by atoms with E-state index in [0.29, 0.717) is 37.5 Å². The molecule has 1 aromatic rings. The lowest BCUT2D eigenvalue weighted by Gasteiger charge is -2.23. The van der Waals surface area contributed by atoms with Crippen molar-refractivity contribution in [1.29, 1.82) is 0 Å². The van der Waals surface area contributed by atoms with Crippen LogP contribution in [0.25, 0.3) is 0 Å². The van der Waals surface area contributed by atoms with Crippen molar-refractivity contribution in [3.63, 3.8) is 0 Å². The van der Waals surface area contributed by atoms with Gasteiger partial charge < -0.3 is 5.32 Å². The SMILES string of the molecule is CCCC[C@@H](CC)CNC(=O)CCCN(c1cc(C)cc(C)c1)S(C)(=O)=O. The molecule has 0 spiro atoms. The molecule has 27 heavy (non-hydrogen) atoms. The highest BCUT2D eigenvalue weighted by Crippen LogP contribution is 2.22. The van der Waals surface area contributed by atoms with Gasteiger partial charge in [-0.05, 0) is 55.9 Å². The van der Waals surface area contributed by atoms with E-state index in [0.717, 1.165) is 24.0 Å². The fourth-order valence-electron chi connectivity index (χ4n) is 3.25. The van der Waals surface area contributed by atoms with Crippen LogP contribution in [0.5, 0.6) is 0 Å². The number of carbonyl (C=O) groups is 1. The normalized spacial score (nSPS) is 12.6. The van der Waals surface area contributed by atoms with E-state index in [1.165, 1.54) is 23.4 Å². The largest absolute Gasteiger partial charge is 0.356 e. The Balaban J connectivity index is 2.58. The standard InChI is InChI=1S/C21H36N2O3S/c1-6-8-10-19(7-2)16-22-21(24)11-9-12-23(27(5,25)26)20-14-17(3)13-18(4)15-20/h13-15,19H,6-12,16H2,1-5H3,(H,22,24)/t19-/m1/s1. The van der Waals surface area contributed by atoms with Gasteiger partial charge in [-0.25, -0.2) is 8.42 Å². The summed E-state index contributed by atoms with van der Waals surface area (Å²) in [6.45, 7) is 9.25. The van der Waals surface area contributed by atoms with Gasteiger partial charge in [-0.15, -0.1) is 0 Å². The smallest absolute Gasteiger partial charge is 0.232 e. The highest BCUT2D eigenvalue weighted by Gasteiger charge is 2.18. The number of benzene rings is 1. The number of carbonyl (C=O) groups excluding carboxylic acids is 1. The lowest BCUT2D eigenvalue weighted by molar-refractivity contribution is -0.121. The Hall–Kier alpha value is -1.56. The molecule has 5 nitrogen and oxygen atoms in total. The number of aryl methyl sites for hydroxylation is 2. The summed E-state index contributed by atoms with van der Waals surface area (Å²) in [4.78, 5) is 12.1. The molecule has 0 aliphatic heterocycles. The molecule has 0 aliphatic rings. The second-order valence-corrected chi connectivity index (χ2v) is 9.41. The molecule has 154 valence electrons. The number of sulfonamides is 1. The van der Waals surface area contributed by atoms with Crippen LogP contribution >= 0.6 is 0 Å². The molecule has 0 aromatic heterocycles. The molecule has 0 radical (unpaired) electrons. The van der Waals surface area contributed by atoms with Gasteiger partial charge in [0.2, 0.25) is 15.9 Å². The first-order valence-electron chi connectivity index (χ1n) is 10.00. The molecule has 0 saturated carbocycles. The Labute approximate surface area is 165 Å². The lowest BCUT2D eigenvalue weighted by atomic mass is 9.99. The van der Waals surface area contributed by atoms with Crippen molar-refractivity contribution in [2.45, 2.75) is 66.2 Å². The number of unbranched alkanes of at least 4 members (excludes halogenated alkanes) is 1. The van der Waals surface area contributed by atoms with Gasteiger partial charge in [0, 0.05) is 19.5 Å². The summed E-state index contributed by atoms with van der Waals surface area (Å²) >= 11 is 0. The van der Waals surface area contributed by atoms with Crippen molar-refractivity contribution in [1.82, 2.24) is 5.32 Å². The Morgan fingerprint density at radius 1 is 1.11 bits per heavy atom. The van der Waals surface area contributed by atoms with Gasteiger partial charge in [-0.2, -0.15) is 0 Å². The first-order valence-corrected chi connectivity index (χ1v) is 11.8. The van der Waals surface area contributed by atoms with Crippen LogP contribution in [0.2, 0.25) is 0 Å². The van der Waals surface area contributed by atoms with Crippen LogP contribution in [-0.2, 0) is 14.8 Å². The zero-order valence-corrected chi connectivity index (χ0v) is 18.4. The summed E-state index contributed by atoms with van der Waals surface area (Å²) in [5, 5.41) is 3.01. The number of hydrogen-bond acceptors (Lipinski definition) is 3. The maximum absolute atomic E-state index is 12.2. The van der Waals surface area contributed by atoms with Crippen LogP contribution in [0.3, 0.4) is 0 Å². The highest BCUT2D eigenvalue weighted by atomic mass is 32.2. The van der Waals surface area contributed by atoms with Gasteiger partial charge in [0.1, 0.15) is 0 Å². The predicted octanol–water partition coefficient (Wildman–Crippen LogP) is 4.18. The van der Waals surface area contributed by atoms with E-state index >= 15 is 0 Å². The maximum atomic E-state index is 12.2. The van der Waals surface area contributed by atoms with E-state index in [2.05, 4.69) is 19.2 Å². The van der Waals surface area contributed by atoms with Gasteiger partial charge in [0.15, 0.2) is 0 Å². The summed E-state index contributed by atoms with van der Waals surface area (Å²) in [6.07, 6.45) is 6.61. The van der Waals surface area contributed by atoms with E-state index in [4.69, 9.17) is 0 Å². The molecule has 0 saturated heterocycles.